The first kappa shape index (κ1) is 20.6. The average Bonchev–Trinajstić information content (AvgIpc) is 2.75. The molecule has 1 aliphatic heterocycles. The fraction of sp³-hybridized carbons (Fsp3) is 0.227. The van der Waals surface area contributed by atoms with Crippen LogP contribution in [0.2, 0.25) is 5.02 Å². The highest BCUT2D eigenvalue weighted by Crippen LogP contribution is 2.22. The molecule has 154 valence electrons. The van der Waals surface area contributed by atoms with Gasteiger partial charge < -0.3 is 15.1 Å². The molecule has 0 atom stereocenters. The van der Waals surface area contributed by atoms with Crippen LogP contribution in [0.25, 0.3) is 10.9 Å². The summed E-state index contributed by atoms with van der Waals surface area (Å²) in [7, 11) is 0. The molecule has 30 heavy (non-hydrogen) atoms. The monoisotopic (exact) mass is 486 g/mol. The third-order valence-electron chi connectivity index (χ3n) is 5.17. The smallest absolute Gasteiger partial charge is 0.321 e. The summed E-state index contributed by atoms with van der Waals surface area (Å²) in [5.41, 5.74) is 3.07. The predicted octanol–water partition coefficient (Wildman–Crippen LogP) is 4.95. The highest BCUT2D eigenvalue weighted by molar-refractivity contribution is 9.10. The topological polar surface area (TPSA) is 65.5 Å². The van der Waals surface area contributed by atoms with Crippen molar-refractivity contribution in [2.45, 2.75) is 6.92 Å². The Kier molecular flexibility index (Phi) is 5.92. The molecule has 1 aliphatic rings. The van der Waals surface area contributed by atoms with Gasteiger partial charge in [0.05, 0.1) is 5.52 Å². The van der Waals surface area contributed by atoms with E-state index in [-0.39, 0.29) is 11.9 Å². The van der Waals surface area contributed by atoms with E-state index in [9.17, 15) is 9.59 Å². The molecule has 8 heteroatoms. The molecule has 1 aromatic heterocycles. The van der Waals surface area contributed by atoms with E-state index in [0.717, 1.165) is 20.9 Å². The lowest BCUT2D eigenvalue weighted by molar-refractivity contribution is 0.0672. The standard InChI is InChI=1S/C22H20BrClN4O2/c1-14-2-4-18(12-19(14)24)26-22(30)28-8-6-27(7-9-28)21(29)15-3-5-20-16(10-15)11-17(23)13-25-20/h2-5,10-13H,6-9H2,1H3,(H,26,30). The highest BCUT2D eigenvalue weighted by atomic mass is 79.9. The van der Waals surface area contributed by atoms with Crippen molar-refractivity contribution in [2.24, 2.45) is 0 Å². The number of hydrogen-bond acceptors (Lipinski definition) is 3. The van der Waals surface area contributed by atoms with Crippen molar-refractivity contribution in [1.82, 2.24) is 14.8 Å². The van der Waals surface area contributed by atoms with Crippen LogP contribution < -0.4 is 5.32 Å². The third kappa shape index (κ3) is 4.42. The molecule has 1 saturated heterocycles. The Morgan fingerprint density at radius 3 is 2.50 bits per heavy atom. The lowest BCUT2D eigenvalue weighted by Gasteiger charge is -2.34. The van der Waals surface area contributed by atoms with Crippen molar-refractivity contribution in [3.63, 3.8) is 0 Å². The Bertz CT molecular complexity index is 1130. The number of amides is 3. The number of halogens is 2. The molecule has 0 bridgehead atoms. The summed E-state index contributed by atoms with van der Waals surface area (Å²) in [6, 6.07) is 12.7. The minimum absolute atomic E-state index is 0.0396. The lowest BCUT2D eigenvalue weighted by atomic mass is 10.1. The number of nitrogens with zero attached hydrogens (tertiary/aromatic N) is 3. The van der Waals surface area contributed by atoms with Gasteiger partial charge >= 0.3 is 6.03 Å². The van der Waals surface area contributed by atoms with Crippen LogP contribution in [0.4, 0.5) is 10.5 Å². The predicted molar refractivity (Wildman–Crippen MR) is 122 cm³/mol. The second kappa shape index (κ2) is 8.62. The van der Waals surface area contributed by atoms with Crippen molar-refractivity contribution in [2.75, 3.05) is 31.5 Å². The van der Waals surface area contributed by atoms with E-state index < -0.39 is 0 Å². The number of fused-ring (bicyclic) bond motifs is 1. The molecule has 2 heterocycles. The molecule has 1 N–H and O–H groups in total. The van der Waals surface area contributed by atoms with Crippen molar-refractivity contribution >= 4 is 56.1 Å². The summed E-state index contributed by atoms with van der Waals surface area (Å²) >= 11 is 9.54. The number of aromatic nitrogens is 1. The molecule has 3 aromatic rings. The summed E-state index contributed by atoms with van der Waals surface area (Å²) in [5.74, 6) is -0.0396. The maximum atomic E-state index is 12.9. The summed E-state index contributed by atoms with van der Waals surface area (Å²) < 4.78 is 0.870. The maximum Gasteiger partial charge on any atom is 0.321 e. The fourth-order valence-corrected chi connectivity index (χ4v) is 3.94. The van der Waals surface area contributed by atoms with Gasteiger partial charge in [-0.25, -0.2) is 4.79 Å². The first-order chi connectivity index (χ1) is 14.4. The van der Waals surface area contributed by atoms with Crippen LogP contribution in [0.3, 0.4) is 0 Å². The van der Waals surface area contributed by atoms with Gasteiger partial charge in [-0.15, -0.1) is 0 Å². The van der Waals surface area contributed by atoms with Gasteiger partial charge in [0, 0.05) is 58.5 Å². The van der Waals surface area contributed by atoms with Gasteiger partial charge in [-0.05, 0) is 64.8 Å². The van der Waals surface area contributed by atoms with E-state index in [0.29, 0.717) is 42.5 Å². The molecule has 0 aliphatic carbocycles. The van der Waals surface area contributed by atoms with Crippen LogP contribution in [-0.4, -0.2) is 52.9 Å². The van der Waals surface area contributed by atoms with E-state index in [1.165, 1.54) is 0 Å². The van der Waals surface area contributed by atoms with Gasteiger partial charge in [-0.3, -0.25) is 9.78 Å². The molecule has 0 unspecified atom stereocenters. The van der Waals surface area contributed by atoms with Gasteiger partial charge in [-0.2, -0.15) is 0 Å². The normalized spacial score (nSPS) is 14.1. The SMILES string of the molecule is Cc1ccc(NC(=O)N2CCN(C(=O)c3ccc4ncc(Br)cc4c3)CC2)cc1Cl. The molecule has 4 rings (SSSR count). The van der Waals surface area contributed by atoms with Crippen LogP contribution in [0.1, 0.15) is 15.9 Å². The number of hydrogen-bond donors (Lipinski definition) is 1. The van der Waals surface area contributed by atoms with Crippen LogP contribution in [0.5, 0.6) is 0 Å². The quantitative estimate of drug-likeness (QED) is 0.556. The van der Waals surface area contributed by atoms with E-state index in [1.54, 1.807) is 28.1 Å². The first-order valence-corrected chi connectivity index (χ1v) is 10.7. The van der Waals surface area contributed by atoms with Crippen molar-refractivity contribution in [3.8, 4) is 0 Å². The Hall–Kier alpha value is -2.64. The fourth-order valence-electron chi connectivity index (χ4n) is 3.41. The summed E-state index contributed by atoms with van der Waals surface area (Å²) in [4.78, 5) is 33.3. The number of carbonyl (C=O) groups is 2. The van der Waals surface area contributed by atoms with Gasteiger partial charge in [0.2, 0.25) is 0 Å². The van der Waals surface area contributed by atoms with E-state index in [1.807, 2.05) is 37.3 Å². The Morgan fingerprint density at radius 1 is 1.03 bits per heavy atom. The molecule has 0 saturated carbocycles. The second-order valence-electron chi connectivity index (χ2n) is 7.23. The molecular weight excluding hydrogens is 468 g/mol. The average molecular weight is 488 g/mol. The Balaban J connectivity index is 1.38. The van der Waals surface area contributed by atoms with Crippen LogP contribution in [0.15, 0.2) is 53.1 Å². The third-order valence-corrected chi connectivity index (χ3v) is 6.01. The van der Waals surface area contributed by atoms with Crippen molar-refractivity contribution < 1.29 is 9.59 Å². The Labute approximate surface area is 188 Å². The number of anilines is 1. The highest BCUT2D eigenvalue weighted by Gasteiger charge is 2.25. The summed E-state index contributed by atoms with van der Waals surface area (Å²) in [6.07, 6.45) is 1.73. The largest absolute Gasteiger partial charge is 0.335 e. The number of carbonyl (C=O) groups excluding carboxylic acids is 2. The van der Waals surface area contributed by atoms with Crippen molar-refractivity contribution in [1.29, 1.82) is 0 Å². The molecule has 0 radical (unpaired) electrons. The lowest BCUT2D eigenvalue weighted by Crippen LogP contribution is -2.51. The number of aryl methyl sites for hydroxylation is 1. The molecule has 3 amide bonds. The van der Waals surface area contributed by atoms with Crippen LogP contribution in [-0.2, 0) is 0 Å². The number of urea groups is 1. The molecule has 0 spiro atoms. The second-order valence-corrected chi connectivity index (χ2v) is 8.56. The van der Waals surface area contributed by atoms with E-state index >= 15 is 0 Å². The minimum atomic E-state index is -0.191. The molecule has 6 nitrogen and oxygen atoms in total. The molecule has 2 aromatic carbocycles. The Morgan fingerprint density at radius 2 is 1.77 bits per heavy atom. The maximum absolute atomic E-state index is 12.9. The van der Waals surface area contributed by atoms with E-state index in [4.69, 9.17) is 11.6 Å². The van der Waals surface area contributed by atoms with Gasteiger partial charge in [0.15, 0.2) is 0 Å². The molecular formula is C22H20BrClN4O2. The van der Waals surface area contributed by atoms with Crippen molar-refractivity contribution in [3.05, 3.63) is 69.3 Å². The zero-order valence-electron chi connectivity index (χ0n) is 16.4. The zero-order chi connectivity index (χ0) is 21.3. The number of benzene rings is 2. The minimum Gasteiger partial charge on any atom is -0.335 e. The summed E-state index contributed by atoms with van der Waals surface area (Å²) in [6.45, 7) is 3.82. The number of piperazine rings is 1. The number of rotatable bonds is 2. The molecule has 1 fully saturated rings. The van der Waals surface area contributed by atoms with Gasteiger partial charge in [0.1, 0.15) is 0 Å². The van der Waals surface area contributed by atoms with Gasteiger partial charge in [-0.1, -0.05) is 17.7 Å². The van der Waals surface area contributed by atoms with E-state index in [2.05, 4.69) is 26.2 Å². The van der Waals surface area contributed by atoms with Gasteiger partial charge in [0.25, 0.3) is 5.91 Å². The summed E-state index contributed by atoms with van der Waals surface area (Å²) in [5, 5.41) is 4.39. The van der Waals surface area contributed by atoms with Crippen LogP contribution >= 0.6 is 27.5 Å². The first-order valence-electron chi connectivity index (χ1n) is 9.57. The zero-order valence-corrected chi connectivity index (χ0v) is 18.7. The van der Waals surface area contributed by atoms with Crippen LogP contribution in [0, 0.1) is 6.92 Å². The number of pyridine rings is 1. The number of nitrogens with one attached hydrogen (secondary N) is 1.